The Balaban J connectivity index is 2.28. The monoisotopic (exact) mass is 229 g/mol. The number of rotatable bonds is 5. The van der Waals surface area contributed by atoms with E-state index in [4.69, 9.17) is 5.73 Å². The van der Waals surface area contributed by atoms with Crippen molar-refractivity contribution in [1.29, 1.82) is 0 Å². The van der Waals surface area contributed by atoms with Gasteiger partial charge in [0.2, 0.25) is 0 Å². The van der Waals surface area contributed by atoms with Gasteiger partial charge in [0, 0.05) is 18.9 Å². The predicted molar refractivity (Wildman–Crippen MR) is 69.1 cm³/mol. The Bertz CT molecular complexity index is 490. The molecule has 5 nitrogen and oxygen atoms in total. The van der Waals surface area contributed by atoms with Gasteiger partial charge in [0.05, 0.1) is 0 Å². The van der Waals surface area contributed by atoms with Crippen LogP contribution in [0.25, 0.3) is 5.69 Å². The lowest BCUT2D eigenvalue weighted by molar-refractivity contribution is 0.872. The molecular formula is C12H15N5. The van der Waals surface area contributed by atoms with Gasteiger partial charge in [0.15, 0.2) is 5.82 Å². The van der Waals surface area contributed by atoms with Gasteiger partial charge in [-0.15, -0.1) is 6.58 Å². The first-order valence-corrected chi connectivity index (χ1v) is 5.42. The third-order valence-corrected chi connectivity index (χ3v) is 2.29. The van der Waals surface area contributed by atoms with Crippen LogP contribution in [0.3, 0.4) is 0 Å². The maximum atomic E-state index is 5.68. The number of pyridine rings is 1. The number of anilines is 2. The molecule has 2 heterocycles. The van der Waals surface area contributed by atoms with Crippen molar-refractivity contribution in [3.63, 3.8) is 0 Å². The van der Waals surface area contributed by atoms with Gasteiger partial charge in [-0.05, 0) is 24.6 Å². The molecule has 17 heavy (non-hydrogen) atoms. The highest BCUT2D eigenvalue weighted by atomic mass is 15.3. The Hall–Kier alpha value is -2.30. The summed E-state index contributed by atoms with van der Waals surface area (Å²) in [5.74, 6) is 1.22. The number of aromatic nitrogens is 3. The van der Waals surface area contributed by atoms with Crippen LogP contribution in [-0.2, 0) is 0 Å². The van der Waals surface area contributed by atoms with Crippen LogP contribution in [0.15, 0.2) is 43.2 Å². The maximum Gasteiger partial charge on any atom is 0.154 e. The molecule has 0 saturated heterocycles. The number of nitrogens with zero attached hydrogens (tertiary/aromatic N) is 3. The third kappa shape index (κ3) is 2.63. The smallest absolute Gasteiger partial charge is 0.154 e. The molecule has 88 valence electrons. The average Bonchev–Trinajstić information content (AvgIpc) is 2.83. The molecule has 0 aliphatic heterocycles. The summed E-state index contributed by atoms with van der Waals surface area (Å²) in [5, 5.41) is 7.40. The molecule has 0 fully saturated rings. The van der Waals surface area contributed by atoms with E-state index in [1.807, 2.05) is 24.4 Å². The fourth-order valence-corrected chi connectivity index (χ4v) is 1.49. The van der Waals surface area contributed by atoms with Crippen molar-refractivity contribution in [2.75, 3.05) is 17.6 Å². The number of hydrogen-bond acceptors (Lipinski definition) is 4. The fraction of sp³-hybridized carbons (Fsp3) is 0.167. The van der Waals surface area contributed by atoms with E-state index in [0.29, 0.717) is 5.82 Å². The zero-order valence-corrected chi connectivity index (χ0v) is 9.50. The van der Waals surface area contributed by atoms with Crippen molar-refractivity contribution >= 4 is 11.6 Å². The maximum absolute atomic E-state index is 5.68. The molecule has 0 aliphatic rings. The van der Waals surface area contributed by atoms with Crippen LogP contribution in [0.2, 0.25) is 0 Å². The standard InChI is InChI=1S/C12H15N5/c1-2-3-7-14-12-10(5-6-11(13)16-12)17-9-4-8-15-17/h2,4-6,8-9H,1,3,7H2,(H3,13,14,16). The SMILES string of the molecule is C=CCCNc1nc(N)ccc1-n1cccn1. The Morgan fingerprint density at radius 3 is 3.06 bits per heavy atom. The first-order valence-electron chi connectivity index (χ1n) is 5.42. The van der Waals surface area contributed by atoms with E-state index in [2.05, 4.69) is 22.0 Å². The summed E-state index contributed by atoms with van der Waals surface area (Å²) < 4.78 is 1.75. The van der Waals surface area contributed by atoms with Crippen LogP contribution in [0.4, 0.5) is 11.6 Å². The second kappa shape index (κ2) is 5.16. The Kier molecular flexibility index (Phi) is 3.40. The van der Waals surface area contributed by atoms with E-state index in [-0.39, 0.29) is 0 Å². The molecule has 0 bridgehead atoms. The molecule has 0 amide bonds. The van der Waals surface area contributed by atoms with Gasteiger partial charge in [0.25, 0.3) is 0 Å². The highest BCUT2D eigenvalue weighted by molar-refractivity contribution is 5.58. The molecule has 0 aromatic carbocycles. The summed E-state index contributed by atoms with van der Waals surface area (Å²) in [6.45, 7) is 4.45. The number of nitrogens with two attached hydrogens (primary N) is 1. The van der Waals surface area contributed by atoms with E-state index >= 15 is 0 Å². The minimum Gasteiger partial charge on any atom is -0.384 e. The topological polar surface area (TPSA) is 68.8 Å². The van der Waals surface area contributed by atoms with Crippen molar-refractivity contribution in [3.8, 4) is 5.69 Å². The van der Waals surface area contributed by atoms with E-state index in [1.165, 1.54) is 0 Å². The molecule has 5 heteroatoms. The summed E-state index contributed by atoms with van der Waals surface area (Å²) in [6.07, 6.45) is 6.32. The second-order valence-corrected chi connectivity index (χ2v) is 3.56. The van der Waals surface area contributed by atoms with Gasteiger partial charge in [-0.25, -0.2) is 9.67 Å². The molecule has 0 atom stereocenters. The normalized spacial score (nSPS) is 10.1. The van der Waals surface area contributed by atoms with Crippen molar-refractivity contribution in [2.45, 2.75) is 6.42 Å². The highest BCUT2D eigenvalue weighted by Crippen LogP contribution is 2.18. The molecule has 2 aromatic rings. The lowest BCUT2D eigenvalue weighted by atomic mass is 10.3. The molecule has 3 N–H and O–H groups in total. The summed E-state index contributed by atoms with van der Waals surface area (Å²) in [6, 6.07) is 5.52. The van der Waals surface area contributed by atoms with Gasteiger partial charge in [0.1, 0.15) is 11.5 Å². The van der Waals surface area contributed by atoms with Gasteiger partial charge >= 0.3 is 0 Å². The Labute approximate surface area is 100.0 Å². The first kappa shape index (κ1) is 11.2. The molecule has 2 rings (SSSR count). The molecular weight excluding hydrogens is 214 g/mol. The first-order chi connectivity index (χ1) is 8.31. The average molecular weight is 229 g/mol. The second-order valence-electron chi connectivity index (χ2n) is 3.56. The van der Waals surface area contributed by atoms with Gasteiger partial charge < -0.3 is 11.1 Å². The van der Waals surface area contributed by atoms with Crippen LogP contribution < -0.4 is 11.1 Å². The highest BCUT2D eigenvalue weighted by Gasteiger charge is 2.06. The minimum absolute atomic E-state index is 0.488. The van der Waals surface area contributed by atoms with Crippen LogP contribution >= 0.6 is 0 Å². The predicted octanol–water partition coefficient (Wildman–Crippen LogP) is 1.84. The molecule has 0 aliphatic carbocycles. The van der Waals surface area contributed by atoms with Crippen molar-refractivity contribution < 1.29 is 0 Å². The summed E-state index contributed by atoms with van der Waals surface area (Å²) >= 11 is 0. The molecule has 2 aromatic heterocycles. The summed E-state index contributed by atoms with van der Waals surface area (Å²) in [5.41, 5.74) is 6.57. The molecule has 0 spiro atoms. The molecule has 0 radical (unpaired) electrons. The van der Waals surface area contributed by atoms with E-state index < -0.39 is 0 Å². The van der Waals surface area contributed by atoms with Crippen molar-refractivity contribution in [3.05, 3.63) is 43.2 Å². The number of hydrogen-bond donors (Lipinski definition) is 2. The zero-order chi connectivity index (χ0) is 12.1. The number of nitrogens with one attached hydrogen (secondary N) is 1. The van der Waals surface area contributed by atoms with Crippen LogP contribution in [-0.4, -0.2) is 21.3 Å². The molecule has 0 unspecified atom stereocenters. The Morgan fingerprint density at radius 1 is 1.47 bits per heavy atom. The quantitative estimate of drug-likeness (QED) is 0.606. The van der Waals surface area contributed by atoms with E-state index in [1.54, 1.807) is 16.9 Å². The lowest BCUT2D eigenvalue weighted by Crippen LogP contribution is -2.08. The third-order valence-electron chi connectivity index (χ3n) is 2.29. The van der Waals surface area contributed by atoms with Crippen molar-refractivity contribution in [2.24, 2.45) is 0 Å². The molecule has 0 saturated carbocycles. The van der Waals surface area contributed by atoms with Gasteiger partial charge in [-0.2, -0.15) is 5.10 Å². The Morgan fingerprint density at radius 2 is 2.35 bits per heavy atom. The van der Waals surface area contributed by atoms with Crippen LogP contribution in [0.5, 0.6) is 0 Å². The minimum atomic E-state index is 0.488. The van der Waals surface area contributed by atoms with E-state index in [9.17, 15) is 0 Å². The largest absolute Gasteiger partial charge is 0.384 e. The van der Waals surface area contributed by atoms with E-state index in [0.717, 1.165) is 24.5 Å². The lowest BCUT2D eigenvalue weighted by Gasteiger charge is -2.10. The summed E-state index contributed by atoms with van der Waals surface area (Å²) in [7, 11) is 0. The van der Waals surface area contributed by atoms with Crippen molar-refractivity contribution in [1.82, 2.24) is 14.8 Å². The van der Waals surface area contributed by atoms with Gasteiger partial charge in [-0.1, -0.05) is 6.08 Å². The zero-order valence-electron chi connectivity index (χ0n) is 9.50. The van der Waals surface area contributed by atoms with Crippen LogP contribution in [0.1, 0.15) is 6.42 Å². The van der Waals surface area contributed by atoms with Crippen LogP contribution in [0, 0.1) is 0 Å². The summed E-state index contributed by atoms with van der Waals surface area (Å²) in [4.78, 5) is 4.27. The number of nitrogen functional groups attached to an aromatic ring is 1. The van der Waals surface area contributed by atoms with Gasteiger partial charge in [-0.3, -0.25) is 0 Å². The fourth-order valence-electron chi connectivity index (χ4n) is 1.49.